The Morgan fingerprint density at radius 3 is 2.58 bits per heavy atom. The summed E-state index contributed by atoms with van der Waals surface area (Å²) in [6.45, 7) is 3.01. The number of halogens is 1. The first-order chi connectivity index (χ1) is 14.8. The number of anilines is 1. The van der Waals surface area contributed by atoms with E-state index in [0.29, 0.717) is 37.6 Å². The van der Waals surface area contributed by atoms with Gasteiger partial charge in [-0.05, 0) is 31.4 Å². The van der Waals surface area contributed by atoms with E-state index in [4.69, 9.17) is 0 Å². The molecular weight excluding hydrogens is 403 g/mol. The zero-order valence-corrected chi connectivity index (χ0v) is 17.7. The predicted octanol–water partition coefficient (Wildman–Crippen LogP) is 1.69. The lowest BCUT2D eigenvalue weighted by atomic mass is 9.96. The van der Waals surface area contributed by atoms with Crippen LogP contribution in [0.25, 0.3) is 11.4 Å². The number of rotatable bonds is 5. The molecule has 1 amide bonds. The van der Waals surface area contributed by atoms with Crippen LogP contribution in [0.4, 0.5) is 10.3 Å². The number of nitrogens with zero attached hydrogens (tertiary/aromatic N) is 8. The van der Waals surface area contributed by atoms with Gasteiger partial charge < -0.3 is 4.90 Å². The summed E-state index contributed by atoms with van der Waals surface area (Å²) in [6, 6.07) is 1.76. The lowest BCUT2D eigenvalue weighted by molar-refractivity contribution is -0.173. The maximum absolute atomic E-state index is 14.4. The third-order valence-corrected chi connectivity index (χ3v) is 5.69. The van der Waals surface area contributed by atoms with E-state index in [1.54, 1.807) is 41.9 Å². The van der Waals surface area contributed by atoms with Crippen LogP contribution in [-0.4, -0.2) is 58.8 Å². The summed E-state index contributed by atoms with van der Waals surface area (Å²) in [5, 5.41) is 19.2. The highest BCUT2D eigenvalue weighted by molar-refractivity contribution is 5.78. The number of aryl methyl sites for hydroxylation is 3. The third-order valence-electron chi connectivity index (χ3n) is 5.69. The summed E-state index contributed by atoms with van der Waals surface area (Å²) in [5.74, 6) is -0.703. The second-order valence-corrected chi connectivity index (χ2v) is 7.77. The fraction of sp³-hybridized carbons (Fsp3) is 0.450. The van der Waals surface area contributed by atoms with Crippen molar-refractivity contribution in [3.05, 3.63) is 41.7 Å². The van der Waals surface area contributed by atoms with Crippen molar-refractivity contribution in [3.8, 4) is 11.4 Å². The highest BCUT2D eigenvalue weighted by Crippen LogP contribution is 2.27. The van der Waals surface area contributed by atoms with Crippen LogP contribution >= 0.6 is 0 Å². The summed E-state index contributed by atoms with van der Waals surface area (Å²) in [5.41, 5.74) is 2.38. The molecule has 1 aliphatic rings. The fourth-order valence-electron chi connectivity index (χ4n) is 3.89. The van der Waals surface area contributed by atoms with Crippen molar-refractivity contribution >= 4 is 11.9 Å². The molecule has 0 saturated carbocycles. The van der Waals surface area contributed by atoms with Crippen LogP contribution in [0, 0.1) is 18.7 Å². The Kier molecular flexibility index (Phi) is 5.68. The molecule has 10 nitrogen and oxygen atoms in total. The SMILES string of the molecule is Cc1cnn(C)c1-c1nc(N2CCC(C(=O)N(O)Cc3ccnn3C)CC2)ncc1F. The Balaban J connectivity index is 1.42. The standard InChI is InChI=1S/C20H25FN8O2/c1-13-10-24-27(3)18(13)17-16(21)11-22-20(25-17)28-8-5-14(6-9-28)19(30)29(31)12-15-4-7-23-26(15)2/h4,7,10-11,14,31H,5-6,8-9,12H2,1-3H3. The van der Waals surface area contributed by atoms with Crippen LogP contribution < -0.4 is 4.90 Å². The molecule has 3 aromatic heterocycles. The zero-order chi connectivity index (χ0) is 22.1. The van der Waals surface area contributed by atoms with Gasteiger partial charge in [0.2, 0.25) is 11.9 Å². The summed E-state index contributed by atoms with van der Waals surface area (Å²) < 4.78 is 17.6. The highest BCUT2D eigenvalue weighted by Gasteiger charge is 2.30. The van der Waals surface area contributed by atoms with Crippen molar-refractivity contribution in [3.63, 3.8) is 0 Å². The minimum absolute atomic E-state index is 0.0873. The Morgan fingerprint density at radius 1 is 1.23 bits per heavy atom. The lowest BCUT2D eigenvalue weighted by Gasteiger charge is -2.32. The van der Waals surface area contributed by atoms with E-state index in [9.17, 15) is 14.4 Å². The van der Waals surface area contributed by atoms with Gasteiger partial charge in [-0.2, -0.15) is 10.2 Å². The van der Waals surface area contributed by atoms with Crippen LogP contribution in [0.2, 0.25) is 0 Å². The molecular formula is C20H25FN8O2. The first-order valence-electron chi connectivity index (χ1n) is 10.1. The number of hydroxylamine groups is 2. The van der Waals surface area contributed by atoms with Gasteiger partial charge in [-0.15, -0.1) is 0 Å². The molecule has 3 aromatic rings. The Morgan fingerprint density at radius 2 is 1.97 bits per heavy atom. The number of carbonyl (C=O) groups is 1. The number of hydrogen-bond donors (Lipinski definition) is 1. The summed E-state index contributed by atoms with van der Waals surface area (Å²) in [4.78, 5) is 23.2. The molecule has 164 valence electrons. The minimum atomic E-state index is -0.508. The zero-order valence-electron chi connectivity index (χ0n) is 17.7. The fourth-order valence-corrected chi connectivity index (χ4v) is 3.89. The Bertz CT molecular complexity index is 1070. The van der Waals surface area contributed by atoms with E-state index in [0.717, 1.165) is 16.3 Å². The molecule has 0 bridgehead atoms. The molecule has 4 rings (SSSR count). The number of hydrogen-bond acceptors (Lipinski definition) is 7. The molecule has 11 heteroatoms. The number of piperidine rings is 1. The van der Waals surface area contributed by atoms with E-state index >= 15 is 0 Å². The maximum Gasteiger partial charge on any atom is 0.249 e. The first-order valence-corrected chi connectivity index (χ1v) is 10.1. The van der Waals surface area contributed by atoms with E-state index in [2.05, 4.69) is 20.2 Å². The van der Waals surface area contributed by atoms with Crippen LogP contribution in [0.5, 0.6) is 0 Å². The summed E-state index contributed by atoms with van der Waals surface area (Å²) in [6.07, 6.45) is 5.55. The molecule has 0 unspecified atom stereocenters. The van der Waals surface area contributed by atoms with Crippen LogP contribution in [0.3, 0.4) is 0 Å². The molecule has 1 saturated heterocycles. The van der Waals surface area contributed by atoms with E-state index in [-0.39, 0.29) is 24.1 Å². The second kappa shape index (κ2) is 8.42. The Labute approximate surface area is 178 Å². The average Bonchev–Trinajstić information content (AvgIpc) is 3.32. The monoisotopic (exact) mass is 428 g/mol. The van der Waals surface area contributed by atoms with Gasteiger partial charge >= 0.3 is 0 Å². The quantitative estimate of drug-likeness (QED) is 0.487. The topological polar surface area (TPSA) is 105 Å². The molecule has 31 heavy (non-hydrogen) atoms. The van der Waals surface area contributed by atoms with E-state index in [1.807, 2.05) is 11.8 Å². The molecule has 1 aliphatic heterocycles. The second-order valence-electron chi connectivity index (χ2n) is 7.77. The van der Waals surface area contributed by atoms with Crippen molar-refractivity contribution < 1.29 is 14.4 Å². The van der Waals surface area contributed by atoms with Gasteiger partial charge in [0.25, 0.3) is 0 Å². The summed E-state index contributed by atoms with van der Waals surface area (Å²) >= 11 is 0. The van der Waals surface area contributed by atoms with Crippen molar-refractivity contribution in [2.75, 3.05) is 18.0 Å². The number of aromatic nitrogens is 6. The molecule has 1 N–H and O–H groups in total. The molecule has 0 radical (unpaired) electrons. The Hall–Kier alpha value is -3.34. The number of carbonyl (C=O) groups excluding carboxylic acids is 1. The normalized spacial score (nSPS) is 14.8. The van der Waals surface area contributed by atoms with Crippen LogP contribution in [0.1, 0.15) is 24.1 Å². The van der Waals surface area contributed by atoms with E-state index in [1.165, 1.54) is 6.20 Å². The van der Waals surface area contributed by atoms with Gasteiger partial charge in [-0.25, -0.2) is 19.4 Å². The van der Waals surface area contributed by atoms with Gasteiger partial charge in [0.05, 0.1) is 30.3 Å². The molecule has 1 fully saturated rings. The largest absolute Gasteiger partial charge is 0.341 e. The smallest absolute Gasteiger partial charge is 0.249 e. The maximum atomic E-state index is 14.4. The highest BCUT2D eigenvalue weighted by atomic mass is 19.1. The van der Waals surface area contributed by atoms with Crippen molar-refractivity contribution in [1.82, 2.24) is 34.6 Å². The van der Waals surface area contributed by atoms with Gasteiger partial charge in [0.1, 0.15) is 5.69 Å². The molecule has 0 spiro atoms. The first kappa shape index (κ1) is 20.9. The molecule has 0 aromatic carbocycles. The molecule has 4 heterocycles. The predicted molar refractivity (Wildman–Crippen MR) is 109 cm³/mol. The van der Waals surface area contributed by atoms with Gasteiger partial charge in [0.15, 0.2) is 5.82 Å². The molecule has 0 aliphatic carbocycles. The van der Waals surface area contributed by atoms with Crippen molar-refractivity contribution in [2.24, 2.45) is 20.0 Å². The van der Waals surface area contributed by atoms with Crippen LogP contribution in [0.15, 0.2) is 24.7 Å². The average molecular weight is 428 g/mol. The lowest BCUT2D eigenvalue weighted by Crippen LogP contribution is -2.42. The van der Waals surface area contributed by atoms with E-state index < -0.39 is 5.82 Å². The number of amides is 1. The minimum Gasteiger partial charge on any atom is -0.341 e. The third kappa shape index (κ3) is 4.13. The van der Waals surface area contributed by atoms with Crippen molar-refractivity contribution in [2.45, 2.75) is 26.3 Å². The molecule has 0 atom stereocenters. The van der Waals surface area contributed by atoms with Gasteiger partial charge in [-0.3, -0.25) is 19.4 Å². The van der Waals surface area contributed by atoms with Gasteiger partial charge in [0, 0.05) is 39.3 Å². The van der Waals surface area contributed by atoms with Crippen molar-refractivity contribution in [1.29, 1.82) is 0 Å². The van der Waals surface area contributed by atoms with Crippen LogP contribution in [-0.2, 0) is 25.4 Å². The van der Waals surface area contributed by atoms with Gasteiger partial charge in [-0.1, -0.05) is 0 Å². The summed E-state index contributed by atoms with van der Waals surface area (Å²) in [7, 11) is 3.50.